The van der Waals surface area contributed by atoms with E-state index < -0.39 is 0 Å². The first-order chi connectivity index (χ1) is 7.83. The topological polar surface area (TPSA) is 68.2 Å². The summed E-state index contributed by atoms with van der Waals surface area (Å²) in [6.07, 6.45) is 2.95. The standard InChI is InChI=1S/C11H17N5/c1-9(13-7-4-6-12)11-15-14-10-5-2-3-8-16(10)11/h2-3,5,8-9,13H,4,6-7,12H2,1H3. The molecule has 0 aromatic carbocycles. The number of fused-ring (bicyclic) bond motifs is 1. The van der Waals surface area contributed by atoms with E-state index in [1.54, 1.807) is 0 Å². The van der Waals surface area contributed by atoms with Crippen molar-refractivity contribution in [1.82, 2.24) is 19.9 Å². The highest BCUT2D eigenvalue weighted by molar-refractivity contribution is 5.37. The Bertz CT molecular complexity index is 450. The molecule has 86 valence electrons. The largest absolute Gasteiger partial charge is 0.330 e. The molecule has 2 aromatic rings. The first-order valence-electron chi connectivity index (χ1n) is 5.56. The highest BCUT2D eigenvalue weighted by Gasteiger charge is 2.11. The fourth-order valence-electron chi connectivity index (χ4n) is 1.67. The fraction of sp³-hybridized carbons (Fsp3) is 0.455. The molecule has 0 bridgehead atoms. The van der Waals surface area contributed by atoms with Crippen molar-refractivity contribution in [2.45, 2.75) is 19.4 Å². The van der Waals surface area contributed by atoms with Gasteiger partial charge in [0.1, 0.15) is 0 Å². The summed E-state index contributed by atoms with van der Waals surface area (Å²) in [5.41, 5.74) is 6.33. The van der Waals surface area contributed by atoms with Crippen molar-refractivity contribution >= 4 is 5.65 Å². The zero-order valence-electron chi connectivity index (χ0n) is 9.43. The molecule has 0 spiro atoms. The van der Waals surface area contributed by atoms with Gasteiger partial charge in [-0.05, 0) is 38.6 Å². The molecule has 5 nitrogen and oxygen atoms in total. The Morgan fingerprint density at radius 2 is 2.31 bits per heavy atom. The Morgan fingerprint density at radius 3 is 3.12 bits per heavy atom. The molecule has 0 saturated carbocycles. The van der Waals surface area contributed by atoms with E-state index in [2.05, 4.69) is 22.4 Å². The summed E-state index contributed by atoms with van der Waals surface area (Å²) >= 11 is 0. The van der Waals surface area contributed by atoms with E-state index in [0.717, 1.165) is 24.4 Å². The average Bonchev–Trinajstić information content (AvgIpc) is 2.73. The van der Waals surface area contributed by atoms with Crippen molar-refractivity contribution in [2.75, 3.05) is 13.1 Å². The normalized spacial score (nSPS) is 13.1. The minimum Gasteiger partial charge on any atom is -0.330 e. The number of nitrogens with zero attached hydrogens (tertiary/aromatic N) is 3. The SMILES string of the molecule is CC(NCCCN)c1nnc2ccccn12. The van der Waals surface area contributed by atoms with Gasteiger partial charge in [0.25, 0.3) is 0 Å². The molecule has 16 heavy (non-hydrogen) atoms. The van der Waals surface area contributed by atoms with Gasteiger partial charge < -0.3 is 11.1 Å². The molecule has 0 saturated heterocycles. The second-order valence-corrected chi connectivity index (χ2v) is 3.81. The maximum absolute atomic E-state index is 5.45. The minimum atomic E-state index is 0.184. The third-order valence-corrected chi connectivity index (χ3v) is 2.56. The lowest BCUT2D eigenvalue weighted by atomic mass is 10.3. The number of hydrogen-bond acceptors (Lipinski definition) is 4. The molecular weight excluding hydrogens is 202 g/mol. The van der Waals surface area contributed by atoms with Gasteiger partial charge in [0.05, 0.1) is 6.04 Å². The van der Waals surface area contributed by atoms with Crippen LogP contribution in [0, 0.1) is 0 Å². The minimum absolute atomic E-state index is 0.184. The van der Waals surface area contributed by atoms with Crippen LogP contribution >= 0.6 is 0 Å². The van der Waals surface area contributed by atoms with E-state index >= 15 is 0 Å². The number of nitrogens with one attached hydrogen (secondary N) is 1. The molecule has 0 aliphatic carbocycles. The summed E-state index contributed by atoms with van der Waals surface area (Å²) in [5.74, 6) is 0.938. The number of pyridine rings is 1. The van der Waals surface area contributed by atoms with Crippen LogP contribution in [0.3, 0.4) is 0 Å². The zero-order chi connectivity index (χ0) is 11.4. The first kappa shape index (κ1) is 11.0. The van der Waals surface area contributed by atoms with Crippen molar-refractivity contribution in [2.24, 2.45) is 5.73 Å². The van der Waals surface area contributed by atoms with Crippen LogP contribution in [0.25, 0.3) is 5.65 Å². The van der Waals surface area contributed by atoms with E-state index in [0.29, 0.717) is 6.54 Å². The Hall–Kier alpha value is -1.46. The summed E-state index contributed by atoms with van der Waals surface area (Å²) in [4.78, 5) is 0. The monoisotopic (exact) mass is 219 g/mol. The van der Waals surface area contributed by atoms with E-state index in [-0.39, 0.29) is 6.04 Å². The lowest BCUT2D eigenvalue weighted by Crippen LogP contribution is -2.23. The van der Waals surface area contributed by atoms with Crippen LogP contribution in [-0.4, -0.2) is 27.7 Å². The summed E-state index contributed by atoms with van der Waals surface area (Å²) in [7, 11) is 0. The third kappa shape index (κ3) is 2.20. The number of aromatic nitrogens is 3. The van der Waals surface area contributed by atoms with Gasteiger partial charge in [-0.2, -0.15) is 0 Å². The lowest BCUT2D eigenvalue weighted by molar-refractivity contribution is 0.533. The molecule has 0 fully saturated rings. The second-order valence-electron chi connectivity index (χ2n) is 3.81. The molecule has 3 N–H and O–H groups in total. The molecule has 2 rings (SSSR count). The van der Waals surface area contributed by atoms with Gasteiger partial charge >= 0.3 is 0 Å². The molecule has 0 aliphatic heterocycles. The van der Waals surface area contributed by atoms with Crippen molar-refractivity contribution < 1.29 is 0 Å². The van der Waals surface area contributed by atoms with Crippen LogP contribution < -0.4 is 11.1 Å². The molecule has 0 aliphatic rings. The maximum Gasteiger partial charge on any atom is 0.160 e. The maximum atomic E-state index is 5.45. The van der Waals surface area contributed by atoms with Crippen molar-refractivity contribution in [3.8, 4) is 0 Å². The summed E-state index contributed by atoms with van der Waals surface area (Å²) in [6.45, 7) is 3.69. The summed E-state index contributed by atoms with van der Waals surface area (Å²) in [6, 6.07) is 6.07. The van der Waals surface area contributed by atoms with Gasteiger partial charge in [0.2, 0.25) is 0 Å². The number of rotatable bonds is 5. The number of hydrogen-bond donors (Lipinski definition) is 2. The zero-order valence-corrected chi connectivity index (χ0v) is 9.43. The van der Waals surface area contributed by atoms with E-state index in [1.165, 1.54) is 0 Å². The molecule has 0 radical (unpaired) electrons. The highest BCUT2D eigenvalue weighted by Crippen LogP contribution is 2.11. The van der Waals surface area contributed by atoms with Crippen molar-refractivity contribution in [3.63, 3.8) is 0 Å². The van der Waals surface area contributed by atoms with Crippen LogP contribution in [0.5, 0.6) is 0 Å². The lowest BCUT2D eigenvalue weighted by Gasteiger charge is -2.11. The van der Waals surface area contributed by atoms with Gasteiger partial charge in [-0.15, -0.1) is 10.2 Å². The third-order valence-electron chi connectivity index (χ3n) is 2.56. The van der Waals surface area contributed by atoms with Crippen LogP contribution in [0.1, 0.15) is 25.2 Å². The van der Waals surface area contributed by atoms with Gasteiger partial charge in [-0.25, -0.2) is 0 Å². The second kappa shape index (κ2) is 5.05. The van der Waals surface area contributed by atoms with Crippen LogP contribution in [0.15, 0.2) is 24.4 Å². The van der Waals surface area contributed by atoms with Gasteiger partial charge in [0.15, 0.2) is 11.5 Å². The van der Waals surface area contributed by atoms with Gasteiger partial charge in [0, 0.05) is 6.20 Å². The predicted molar refractivity (Wildman–Crippen MR) is 63.1 cm³/mol. The number of nitrogens with two attached hydrogens (primary N) is 1. The van der Waals surface area contributed by atoms with E-state index in [9.17, 15) is 0 Å². The molecule has 5 heteroatoms. The molecule has 2 heterocycles. The van der Waals surface area contributed by atoms with Crippen LogP contribution in [-0.2, 0) is 0 Å². The average molecular weight is 219 g/mol. The first-order valence-corrected chi connectivity index (χ1v) is 5.56. The van der Waals surface area contributed by atoms with Crippen LogP contribution in [0.4, 0.5) is 0 Å². The Morgan fingerprint density at radius 1 is 1.44 bits per heavy atom. The Kier molecular flexibility index (Phi) is 3.48. The van der Waals surface area contributed by atoms with Crippen LogP contribution in [0.2, 0.25) is 0 Å². The quantitative estimate of drug-likeness (QED) is 0.727. The van der Waals surface area contributed by atoms with Gasteiger partial charge in [-0.1, -0.05) is 6.07 Å². The molecule has 0 amide bonds. The molecule has 2 aromatic heterocycles. The highest BCUT2D eigenvalue weighted by atomic mass is 15.3. The summed E-state index contributed by atoms with van der Waals surface area (Å²) in [5, 5.41) is 11.7. The Balaban J connectivity index is 2.13. The summed E-state index contributed by atoms with van der Waals surface area (Å²) < 4.78 is 2.00. The van der Waals surface area contributed by atoms with E-state index in [4.69, 9.17) is 5.73 Å². The molecule has 1 unspecified atom stereocenters. The predicted octanol–water partition coefficient (Wildman–Crippen LogP) is 0.729. The fourth-order valence-corrected chi connectivity index (χ4v) is 1.67. The van der Waals surface area contributed by atoms with Crippen molar-refractivity contribution in [1.29, 1.82) is 0 Å². The van der Waals surface area contributed by atoms with E-state index in [1.807, 2.05) is 28.8 Å². The van der Waals surface area contributed by atoms with Crippen molar-refractivity contribution in [3.05, 3.63) is 30.2 Å². The molecule has 1 atom stereocenters. The van der Waals surface area contributed by atoms with Gasteiger partial charge in [-0.3, -0.25) is 4.40 Å². The smallest absolute Gasteiger partial charge is 0.160 e. The molecular formula is C11H17N5. The Labute approximate surface area is 94.7 Å².